The molecule has 4 aromatic rings. The highest BCUT2D eigenvalue weighted by atomic mass is 16.2. The van der Waals surface area contributed by atoms with Crippen molar-refractivity contribution in [2.24, 2.45) is 5.92 Å². The Hall–Kier alpha value is -3.88. The third kappa shape index (κ3) is 3.98. The molecule has 3 heterocycles. The van der Waals surface area contributed by atoms with Gasteiger partial charge in [0.05, 0.1) is 12.2 Å². The number of Topliss-reactive ketones (excluding diaryl/α,β-unsaturated/α-hetero) is 1. The Morgan fingerprint density at radius 2 is 1.88 bits per heavy atom. The van der Waals surface area contributed by atoms with E-state index in [2.05, 4.69) is 32.5 Å². The van der Waals surface area contributed by atoms with Crippen LogP contribution < -0.4 is 5.69 Å². The third-order valence-corrected chi connectivity index (χ3v) is 6.51. The van der Waals surface area contributed by atoms with Gasteiger partial charge >= 0.3 is 5.69 Å². The van der Waals surface area contributed by atoms with E-state index >= 15 is 0 Å². The van der Waals surface area contributed by atoms with Gasteiger partial charge in [-0.05, 0) is 41.3 Å². The van der Waals surface area contributed by atoms with Crippen LogP contribution in [0.1, 0.15) is 50.4 Å². The van der Waals surface area contributed by atoms with E-state index in [-0.39, 0.29) is 23.4 Å². The summed E-state index contributed by atoms with van der Waals surface area (Å²) in [6.07, 6.45) is 7.29. The van der Waals surface area contributed by atoms with Gasteiger partial charge in [0.2, 0.25) is 0 Å². The molecule has 9 heteroatoms. The first-order valence-corrected chi connectivity index (χ1v) is 11.7. The number of rotatable bonds is 9. The van der Waals surface area contributed by atoms with Crippen molar-refractivity contribution < 1.29 is 4.79 Å². The number of H-pyrrole nitrogens is 1. The lowest BCUT2D eigenvalue weighted by Crippen LogP contribution is -2.26. The first-order chi connectivity index (χ1) is 16.6. The van der Waals surface area contributed by atoms with Crippen LogP contribution in [0.3, 0.4) is 0 Å². The number of aromatic nitrogens is 7. The number of carbonyl (C=O) groups excluding carboxylic acids is 1. The molecule has 34 heavy (non-hydrogen) atoms. The quantitative estimate of drug-likeness (QED) is 0.412. The normalized spacial score (nSPS) is 17.3. The average Bonchev–Trinajstić information content (AvgIpc) is 3.18. The molecule has 0 saturated heterocycles. The minimum atomic E-state index is -0.304. The summed E-state index contributed by atoms with van der Waals surface area (Å²) < 4.78 is 3.43. The minimum Gasteiger partial charge on any atom is -0.297 e. The summed E-state index contributed by atoms with van der Waals surface area (Å²) in [6.45, 7) is 4.54. The topological polar surface area (TPSA) is 111 Å². The molecule has 9 nitrogen and oxygen atoms in total. The van der Waals surface area contributed by atoms with Crippen LogP contribution in [0, 0.1) is 5.92 Å². The molecular formula is C25H27N7O2. The second-order valence-corrected chi connectivity index (χ2v) is 8.71. The van der Waals surface area contributed by atoms with Gasteiger partial charge in [0.15, 0.2) is 11.6 Å². The SMILES string of the molecule is CCCCc1cn(C2C(=O)C2CC)c(=O)n1Cc1ccc(-c2ccccc2-c2nnn[nH]2)nc1. The van der Waals surface area contributed by atoms with E-state index in [0.717, 1.165) is 53.8 Å². The number of carbonyl (C=O) groups is 1. The monoisotopic (exact) mass is 457 g/mol. The Morgan fingerprint density at radius 3 is 2.53 bits per heavy atom. The van der Waals surface area contributed by atoms with E-state index in [1.165, 1.54) is 0 Å². The van der Waals surface area contributed by atoms with Gasteiger partial charge in [0, 0.05) is 35.1 Å². The number of hydrogen-bond acceptors (Lipinski definition) is 6. The number of imidazole rings is 1. The maximum absolute atomic E-state index is 13.2. The van der Waals surface area contributed by atoms with E-state index in [0.29, 0.717) is 12.4 Å². The molecule has 0 bridgehead atoms. The molecule has 1 aromatic carbocycles. The maximum Gasteiger partial charge on any atom is 0.329 e. The highest BCUT2D eigenvalue weighted by molar-refractivity contribution is 6.01. The van der Waals surface area contributed by atoms with Crippen LogP contribution in [0.4, 0.5) is 0 Å². The zero-order chi connectivity index (χ0) is 23.7. The fourth-order valence-electron chi connectivity index (χ4n) is 4.55. The molecule has 3 aromatic heterocycles. The van der Waals surface area contributed by atoms with Crippen LogP contribution in [0.5, 0.6) is 0 Å². The van der Waals surface area contributed by atoms with Crippen LogP contribution in [0.15, 0.2) is 53.6 Å². The zero-order valence-electron chi connectivity index (χ0n) is 19.3. The first kappa shape index (κ1) is 21.9. The van der Waals surface area contributed by atoms with Crippen molar-refractivity contribution >= 4 is 5.78 Å². The lowest BCUT2D eigenvalue weighted by Gasteiger charge is -2.09. The maximum atomic E-state index is 13.2. The van der Waals surface area contributed by atoms with Gasteiger partial charge < -0.3 is 0 Å². The van der Waals surface area contributed by atoms with E-state index in [1.54, 1.807) is 15.3 Å². The fourth-order valence-corrected chi connectivity index (χ4v) is 4.55. The largest absolute Gasteiger partial charge is 0.329 e. The summed E-state index contributed by atoms with van der Waals surface area (Å²) in [7, 11) is 0. The van der Waals surface area contributed by atoms with Crippen molar-refractivity contribution in [3.63, 3.8) is 0 Å². The summed E-state index contributed by atoms with van der Waals surface area (Å²) in [4.78, 5) is 30.1. The Labute approximate surface area is 196 Å². The molecule has 0 radical (unpaired) electrons. The predicted octanol–water partition coefficient (Wildman–Crippen LogP) is 3.43. The van der Waals surface area contributed by atoms with Crippen LogP contribution in [0.2, 0.25) is 0 Å². The van der Waals surface area contributed by atoms with Gasteiger partial charge in [-0.15, -0.1) is 5.10 Å². The molecule has 2 unspecified atom stereocenters. The summed E-state index contributed by atoms with van der Waals surface area (Å²) >= 11 is 0. The summed E-state index contributed by atoms with van der Waals surface area (Å²) in [5, 5.41) is 14.2. The Balaban J connectivity index is 1.43. The Kier molecular flexibility index (Phi) is 5.91. The number of unbranched alkanes of at least 4 members (excludes halogenated alkanes) is 1. The van der Waals surface area contributed by atoms with E-state index < -0.39 is 0 Å². The molecular weight excluding hydrogens is 430 g/mol. The second kappa shape index (κ2) is 9.17. The molecule has 1 fully saturated rings. The van der Waals surface area contributed by atoms with E-state index in [4.69, 9.17) is 0 Å². The lowest BCUT2D eigenvalue weighted by atomic mass is 10.0. The number of aryl methyl sites for hydroxylation is 1. The number of hydrogen-bond donors (Lipinski definition) is 1. The molecule has 0 aliphatic heterocycles. The molecule has 1 aliphatic carbocycles. The van der Waals surface area contributed by atoms with Crippen LogP contribution in [0.25, 0.3) is 22.6 Å². The van der Waals surface area contributed by atoms with Gasteiger partial charge in [-0.1, -0.05) is 50.6 Å². The summed E-state index contributed by atoms with van der Waals surface area (Å²) in [5.74, 6) is 0.707. The molecule has 2 atom stereocenters. The lowest BCUT2D eigenvalue weighted by molar-refractivity contribution is -0.111. The number of nitrogens with zero attached hydrogens (tertiary/aromatic N) is 6. The van der Waals surface area contributed by atoms with Gasteiger partial charge in [-0.2, -0.15) is 0 Å². The van der Waals surface area contributed by atoms with E-state index in [9.17, 15) is 9.59 Å². The van der Waals surface area contributed by atoms with E-state index in [1.807, 2.05) is 49.5 Å². The number of benzene rings is 1. The molecule has 0 spiro atoms. The number of nitrogens with one attached hydrogen (secondary N) is 1. The smallest absolute Gasteiger partial charge is 0.297 e. The van der Waals surface area contributed by atoms with Gasteiger partial charge in [0.1, 0.15) is 6.04 Å². The first-order valence-electron chi connectivity index (χ1n) is 11.7. The molecule has 0 amide bonds. The standard InChI is InChI=1S/C25H27N7O2/c1-3-5-8-17-15-32(22-18(4-2)23(22)33)25(34)31(17)14-16-11-12-21(26-13-16)19-9-6-7-10-20(19)24-27-29-30-28-24/h6-7,9-13,15,18,22H,3-5,8,14H2,1-2H3,(H,27,28,29,30). The zero-order valence-corrected chi connectivity index (χ0v) is 19.3. The van der Waals surface area contributed by atoms with Crippen LogP contribution in [-0.2, 0) is 17.8 Å². The van der Waals surface area contributed by atoms with Gasteiger partial charge in [-0.25, -0.2) is 9.89 Å². The number of aromatic amines is 1. The van der Waals surface area contributed by atoms with Crippen molar-refractivity contribution in [2.45, 2.75) is 52.1 Å². The minimum absolute atomic E-state index is 0.0341. The average molecular weight is 458 g/mol. The summed E-state index contributed by atoms with van der Waals surface area (Å²) in [5.41, 5.74) is 4.34. The number of tetrazole rings is 1. The second-order valence-electron chi connectivity index (χ2n) is 8.71. The number of pyridine rings is 1. The molecule has 1 aliphatic rings. The fraction of sp³-hybridized carbons (Fsp3) is 0.360. The van der Waals surface area contributed by atoms with Gasteiger partial charge in [-0.3, -0.25) is 18.9 Å². The summed E-state index contributed by atoms with van der Waals surface area (Å²) in [6, 6.07) is 11.4. The molecule has 174 valence electrons. The third-order valence-electron chi connectivity index (χ3n) is 6.51. The van der Waals surface area contributed by atoms with Gasteiger partial charge in [0.25, 0.3) is 0 Å². The molecule has 5 rings (SSSR count). The highest BCUT2D eigenvalue weighted by Crippen LogP contribution is 2.40. The Bertz CT molecular complexity index is 1350. The predicted molar refractivity (Wildman–Crippen MR) is 127 cm³/mol. The molecule has 1 N–H and O–H groups in total. The number of ketones is 1. The van der Waals surface area contributed by atoms with Crippen LogP contribution >= 0.6 is 0 Å². The van der Waals surface area contributed by atoms with Crippen molar-refractivity contribution in [1.82, 2.24) is 34.7 Å². The van der Waals surface area contributed by atoms with Crippen LogP contribution in [-0.4, -0.2) is 40.5 Å². The van der Waals surface area contributed by atoms with Crippen molar-refractivity contribution in [2.75, 3.05) is 0 Å². The highest BCUT2D eigenvalue weighted by Gasteiger charge is 2.50. The van der Waals surface area contributed by atoms with Crippen molar-refractivity contribution in [3.8, 4) is 22.6 Å². The van der Waals surface area contributed by atoms with Crippen molar-refractivity contribution in [1.29, 1.82) is 0 Å². The molecule has 1 saturated carbocycles. The Morgan fingerprint density at radius 1 is 1.06 bits per heavy atom. The van der Waals surface area contributed by atoms with Crippen molar-refractivity contribution in [3.05, 3.63) is 70.5 Å².